The second-order valence-corrected chi connectivity index (χ2v) is 10.3. The number of morpholine rings is 1. The Balaban J connectivity index is 1.02. The van der Waals surface area contributed by atoms with Crippen LogP contribution in [-0.2, 0) is 11.3 Å². The third-order valence-electron chi connectivity index (χ3n) is 6.34. The number of hydrogen-bond donors (Lipinski definition) is 2. The molecule has 202 valence electrons. The standard InChI is InChI=1S/C25H28FN11OS/c26-18-2-1-3-21(10-18)39-22-13-28-24(29-14-22)35-5-7-36(8-6-35)25-31-17-30-23(34-25)33-19-11-32-37(15-19)16-20-12-27-4-9-38-20/h1-3,10-11,13-15,17,20,27H,4-9,12,16H2,(H,30,31,33,34)/t20-/m0/s1. The average molecular weight is 550 g/mol. The van der Waals surface area contributed by atoms with E-state index in [1.54, 1.807) is 24.7 Å². The number of halogens is 1. The summed E-state index contributed by atoms with van der Waals surface area (Å²) in [6.45, 7) is 6.01. The van der Waals surface area contributed by atoms with Crippen LogP contribution >= 0.6 is 11.8 Å². The summed E-state index contributed by atoms with van der Waals surface area (Å²) in [6.07, 6.45) is 8.84. The number of rotatable bonds is 8. The first-order valence-electron chi connectivity index (χ1n) is 12.7. The van der Waals surface area contributed by atoms with Gasteiger partial charge in [-0.2, -0.15) is 10.1 Å². The molecule has 2 saturated heterocycles. The number of anilines is 4. The number of hydrogen-bond acceptors (Lipinski definition) is 12. The molecule has 1 atom stereocenters. The van der Waals surface area contributed by atoms with Gasteiger partial charge in [0.1, 0.15) is 12.1 Å². The van der Waals surface area contributed by atoms with Crippen LogP contribution in [0.15, 0.2) is 65.2 Å². The molecule has 2 aliphatic rings. The summed E-state index contributed by atoms with van der Waals surface area (Å²) in [5.41, 5.74) is 0.803. The van der Waals surface area contributed by atoms with Gasteiger partial charge >= 0.3 is 0 Å². The van der Waals surface area contributed by atoms with E-state index in [1.807, 2.05) is 16.9 Å². The van der Waals surface area contributed by atoms with Crippen molar-refractivity contribution in [1.29, 1.82) is 0 Å². The second-order valence-electron chi connectivity index (χ2n) is 9.13. The number of nitrogens with zero attached hydrogens (tertiary/aromatic N) is 9. The summed E-state index contributed by atoms with van der Waals surface area (Å²) in [4.78, 5) is 28.3. The third kappa shape index (κ3) is 6.58. The van der Waals surface area contributed by atoms with E-state index < -0.39 is 0 Å². The molecular formula is C25H28FN11OS. The van der Waals surface area contributed by atoms with Gasteiger partial charge in [0.25, 0.3) is 0 Å². The predicted molar refractivity (Wildman–Crippen MR) is 145 cm³/mol. The SMILES string of the molecule is Fc1cccc(Sc2cnc(N3CCN(c4ncnc(Nc5cnn(C[C@@H]6CNCCO6)c5)n4)CC3)nc2)c1. The van der Waals surface area contributed by atoms with Crippen molar-refractivity contribution >= 4 is 35.3 Å². The lowest BCUT2D eigenvalue weighted by atomic mass is 10.3. The quantitative estimate of drug-likeness (QED) is 0.335. The van der Waals surface area contributed by atoms with Gasteiger partial charge in [0, 0.05) is 67.7 Å². The molecule has 0 saturated carbocycles. The van der Waals surface area contributed by atoms with Crippen molar-refractivity contribution in [3.8, 4) is 0 Å². The van der Waals surface area contributed by atoms with Crippen molar-refractivity contribution < 1.29 is 9.13 Å². The van der Waals surface area contributed by atoms with Crippen LogP contribution in [0, 0.1) is 5.82 Å². The number of ether oxygens (including phenoxy) is 1. The molecule has 0 bridgehead atoms. The van der Waals surface area contributed by atoms with E-state index in [1.165, 1.54) is 30.2 Å². The van der Waals surface area contributed by atoms with Crippen LogP contribution in [0.25, 0.3) is 0 Å². The highest BCUT2D eigenvalue weighted by molar-refractivity contribution is 7.99. The largest absolute Gasteiger partial charge is 0.374 e. The van der Waals surface area contributed by atoms with Crippen LogP contribution in [-0.4, -0.2) is 86.7 Å². The maximum atomic E-state index is 13.4. The minimum atomic E-state index is -0.258. The fourth-order valence-electron chi connectivity index (χ4n) is 4.40. The minimum Gasteiger partial charge on any atom is -0.374 e. The topological polar surface area (TPSA) is 122 Å². The zero-order valence-electron chi connectivity index (χ0n) is 21.1. The molecule has 2 N–H and O–H groups in total. The zero-order valence-corrected chi connectivity index (χ0v) is 22.0. The minimum absolute atomic E-state index is 0.108. The van der Waals surface area contributed by atoms with Crippen LogP contribution in [0.3, 0.4) is 0 Å². The summed E-state index contributed by atoms with van der Waals surface area (Å²) >= 11 is 1.43. The molecule has 3 aromatic heterocycles. The Morgan fingerprint density at radius 3 is 2.59 bits per heavy atom. The van der Waals surface area contributed by atoms with Gasteiger partial charge in [-0.05, 0) is 18.2 Å². The van der Waals surface area contributed by atoms with Crippen LogP contribution in [0.2, 0.25) is 0 Å². The van der Waals surface area contributed by atoms with Crippen LogP contribution in [0.5, 0.6) is 0 Å². The molecule has 1 aromatic carbocycles. The molecule has 0 amide bonds. The molecule has 0 unspecified atom stereocenters. The summed E-state index contributed by atoms with van der Waals surface area (Å²) in [6, 6.07) is 6.48. The van der Waals surface area contributed by atoms with Gasteiger partial charge in [-0.25, -0.2) is 24.3 Å². The lowest BCUT2D eigenvalue weighted by molar-refractivity contribution is 0.0161. The second kappa shape index (κ2) is 11.9. The number of nitrogens with one attached hydrogen (secondary N) is 2. The van der Waals surface area contributed by atoms with Crippen LogP contribution in [0.4, 0.5) is 27.9 Å². The number of piperazine rings is 1. The molecular weight excluding hydrogens is 521 g/mol. The van der Waals surface area contributed by atoms with Crippen molar-refractivity contribution in [1.82, 2.24) is 40.0 Å². The summed E-state index contributed by atoms with van der Waals surface area (Å²) in [7, 11) is 0. The highest BCUT2D eigenvalue weighted by Crippen LogP contribution is 2.27. The van der Waals surface area contributed by atoms with Crippen LogP contribution < -0.4 is 20.4 Å². The Morgan fingerprint density at radius 2 is 1.82 bits per heavy atom. The molecule has 6 rings (SSSR count). The van der Waals surface area contributed by atoms with E-state index >= 15 is 0 Å². The fourth-order valence-corrected chi connectivity index (χ4v) is 5.20. The molecule has 2 aliphatic heterocycles. The van der Waals surface area contributed by atoms with Crippen molar-refractivity contribution in [3.05, 3.63) is 61.2 Å². The Kier molecular flexibility index (Phi) is 7.74. The van der Waals surface area contributed by atoms with Gasteiger partial charge in [0.05, 0.1) is 31.1 Å². The molecule has 0 aliphatic carbocycles. The molecule has 5 heterocycles. The first-order valence-corrected chi connectivity index (χ1v) is 13.6. The average Bonchev–Trinajstić information content (AvgIpc) is 3.41. The maximum absolute atomic E-state index is 13.4. The van der Waals surface area contributed by atoms with Crippen LogP contribution in [0.1, 0.15) is 0 Å². The lowest BCUT2D eigenvalue weighted by Crippen LogP contribution is -2.47. The van der Waals surface area contributed by atoms with Crippen molar-refractivity contribution in [3.63, 3.8) is 0 Å². The summed E-state index contributed by atoms with van der Waals surface area (Å²) < 4.78 is 21.1. The van der Waals surface area contributed by atoms with E-state index in [0.717, 1.165) is 61.4 Å². The summed E-state index contributed by atoms with van der Waals surface area (Å²) in [5.74, 6) is 1.49. The Labute approximate surface area is 229 Å². The molecule has 2 fully saturated rings. The van der Waals surface area contributed by atoms with Crippen molar-refractivity contribution in [2.75, 3.05) is 61.0 Å². The molecule has 4 aromatic rings. The molecule has 39 heavy (non-hydrogen) atoms. The van der Waals surface area contributed by atoms with Gasteiger partial charge < -0.3 is 25.2 Å². The molecule has 0 spiro atoms. The van der Waals surface area contributed by atoms with Gasteiger partial charge in [-0.3, -0.25) is 4.68 Å². The van der Waals surface area contributed by atoms with Gasteiger partial charge in [0.2, 0.25) is 17.8 Å². The smallest absolute Gasteiger partial charge is 0.232 e. The molecule has 14 heteroatoms. The summed E-state index contributed by atoms with van der Waals surface area (Å²) in [5, 5.41) is 11.0. The highest BCUT2D eigenvalue weighted by atomic mass is 32.2. The van der Waals surface area contributed by atoms with E-state index in [0.29, 0.717) is 24.4 Å². The van der Waals surface area contributed by atoms with Gasteiger partial charge in [-0.15, -0.1) is 0 Å². The zero-order chi connectivity index (χ0) is 26.4. The Hall–Kier alpha value is -3.88. The van der Waals surface area contributed by atoms with E-state index in [2.05, 4.69) is 50.5 Å². The van der Waals surface area contributed by atoms with Crippen molar-refractivity contribution in [2.24, 2.45) is 0 Å². The Bertz CT molecular complexity index is 1370. The first kappa shape index (κ1) is 25.4. The number of benzene rings is 1. The maximum Gasteiger partial charge on any atom is 0.232 e. The molecule has 12 nitrogen and oxygen atoms in total. The van der Waals surface area contributed by atoms with Gasteiger partial charge in [-0.1, -0.05) is 17.8 Å². The van der Waals surface area contributed by atoms with E-state index in [9.17, 15) is 4.39 Å². The third-order valence-corrected chi connectivity index (χ3v) is 7.27. The fraction of sp³-hybridized carbons (Fsp3) is 0.360. The predicted octanol–water partition coefficient (Wildman–Crippen LogP) is 2.21. The number of aromatic nitrogens is 7. The van der Waals surface area contributed by atoms with Crippen molar-refractivity contribution in [2.45, 2.75) is 22.4 Å². The van der Waals surface area contributed by atoms with E-state index in [-0.39, 0.29) is 11.9 Å². The van der Waals surface area contributed by atoms with Gasteiger partial charge in [0.15, 0.2) is 0 Å². The molecule has 0 radical (unpaired) electrons. The van der Waals surface area contributed by atoms with E-state index in [4.69, 9.17) is 4.74 Å². The monoisotopic (exact) mass is 549 g/mol. The lowest BCUT2D eigenvalue weighted by Gasteiger charge is -2.34. The highest BCUT2D eigenvalue weighted by Gasteiger charge is 2.21. The Morgan fingerprint density at radius 1 is 1.00 bits per heavy atom. The normalized spacial score (nSPS) is 17.8. The first-order chi connectivity index (χ1) is 19.2.